The minimum atomic E-state index is -4.57. The molecule has 0 saturated carbocycles. The van der Waals surface area contributed by atoms with Crippen LogP contribution >= 0.6 is 0 Å². The Kier molecular flexibility index (Phi) is 2.92. The Labute approximate surface area is 83.2 Å². The monoisotopic (exact) mass is 221 g/mol. The number of pyridine rings is 1. The third kappa shape index (κ3) is 2.42. The summed E-state index contributed by atoms with van der Waals surface area (Å²) in [4.78, 5) is 18.5. The molecule has 0 atom stereocenters. The maximum atomic E-state index is 12.2. The van der Waals surface area contributed by atoms with E-state index in [1.54, 1.807) is 0 Å². The quantitative estimate of drug-likeness (QED) is 0.720. The Balaban J connectivity index is 3.23. The lowest BCUT2D eigenvalue weighted by Crippen LogP contribution is -2.10. The van der Waals surface area contributed by atoms with Crippen molar-refractivity contribution in [1.29, 1.82) is 0 Å². The van der Waals surface area contributed by atoms with Crippen molar-refractivity contribution in [2.45, 2.75) is 13.1 Å². The fraction of sp³-hybridized carbons (Fsp3) is 0.375. The Morgan fingerprint density at radius 3 is 2.53 bits per heavy atom. The van der Waals surface area contributed by atoms with E-state index in [9.17, 15) is 18.1 Å². The second kappa shape index (κ2) is 3.84. The third-order valence-corrected chi connectivity index (χ3v) is 1.73. The molecular formula is C8H8F3N2O2+. The zero-order valence-electron chi connectivity index (χ0n) is 8.00. The van der Waals surface area contributed by atoms with Gasteiger partial charge in [-0.1, -0.05) is 0 Å². The van der Waals surface area contributed by atoms with Crippen molar-refractivity contribution in [3.8, 4) is 0 Å². The smallest absolute Gasteiger partial charge is 0.251 e. The zero-order valence-corrected chi connectivity index (χ0v) is 8.00. The van der Waals surface area contributed by atoms with Crippen molar-refractivity contribution >= 4 is 5.69 Å². The highest BCUT2D eigenvalue weighted by molar-refractivity contribution is 5.38. The molecule has 0 radical (unpaired) electrons. The summed E-state index contributed by atoms with van der Waals surface area (Å²) in [5, 5.41) is 0. The van der Waals surface area contributed by atoms with Crippen LogP contribution < -0.4 is 0 Å². The molecular weight excluding hydrogens is 213 g/mol. The molecule has 15 heavy (non-hydrogen) atoms. The molecule has 1 aromatic rings. The molecule has 0 unspecified atom stereocenters. The van der Waals surface area contributed by atoms with E-state index in [2.05, 4.69) is 9.82 Å². The van der Waals surface area contributed by atoms with Crippen molar-refractivity contribution in [2.75, 3.05) is 7.11 Å². The molecule has 0 bridgehead atoms. The zero-order chi connectivity index (χ0) is 11.6. The van der Waals surface area contributed by atoms with Crippen LogP contribution in [-0.4, -0.2) is 17.0 Å². The second-order valence-electron chi connectivity index (χ2n) is 2.79. The normalized spacial score (nSPS) is 11.3. The summed E-state index contributed by atoms with van der Waals surface area (Å²) < 4.78 is 36.7. The molecule has 0 fully saturated rings. The SMILES string of the molecule is CO[N+](=O)c1cc(C(F)(F)F)ncc1C. The van der Waals surface area contributed by atoms with E-state index in [0.29, 0.717) is 11.6 Å². The lowest BCUT2D eigenvalue weighted by molar-refractivity contribution is -0.737. The number of alkyl halides is 3. The maximum absolute atomic E-state index is 12.2. The molecule has 0 amide bonds. The topological polar surface area (TPSA) is 42.2 Å². The molecule has 0 saturated heterocycles. The van der Waals surface area contributed by atoms with Crippen molar-refractivity contribution in [1.82, 2.24) is 4.98 Å². The molecule has 0 aliphatic rings. The van der Waals surface area contributed by atoms with Gasteiger partial charge < -0.3 is 0 Å². The van der Waals surface area contributed by atoms with Crippen molar-refractivity contribution in [3.05, 3.63) is 28.4 Å². The van der Waals surface area contributed by atoms with Crippen LogP contribution in [0, 0.1) is 11.8 Å². The summed E-state index contributed by atoms with van der Waals surface area (Å²) in [5.74, 6) is 0. The van der Waals surface area contributed by atoms with Crippen molar-refractivity contribution < 1.29 is 22.9 Å². The van der Waals surface area contributed by atoms with E-state index >= 15 is 0 Å². The van der Waals surface area contributed by atoms with E-state index in [1.165, 1.54) is 6.92 Å². The lowest BCUT2D eigenvalue weighted by atomic mass is 10.2. The van der Waals surface area contributed by atoms with Crippen LogP contribution in [0.25, 0.3) is 0 Å². The number of hydrogen-bond donors (Lipinski definition) is 0. The molecule has 0 spiro atoms. The lowest BCUT2D eigenvalue weighted by Gasteiger charge is -2.04. The summed E-state index contributed by atoms with van der Waals surface area (Å²) in [5.41, 5.74) is -1.03. The number of halogens is 3. The summed E-state index contributed by atoms with van der Waals surface area (Å²) in [6, 6.07) is 0.645. The predicted octanol–water partition coefficient (Wildman–Crippen LogP) is 2.38. The largest absolute Gasteiger partial charge is 0.433 e. The summed E-state index contributed by atoms with van der Waals surface area (Å²) in [7, 11) is 1.07. The van der Waals surface area contributed by atoms with Gasteiger partial charge in [0.15, 0.2) is 12.8 Å². The van der Waals surface area contributed by atoms with Crippen LogP contribution in [-0.2, 0) is 11.0 Å². The van der Waals surface area contributed by atoms with Crippen LogP contribution in [0.1, 0.15) is 11.3 Å². The first-order chi connectivity index (χ1) is 6.86. The third-order valence-electron chi connectivity index (χ3n) is 1.73. The fourth-order valence-electron chi connectivity index (χ4n) is 0.963. The fourth-order valence-corrected chi connectivity index (χ4v) is 0.963. The van der Waals surface area contributed by atoms with Gasteiger partial charge in [0, 0.05) is 11.8 Å². The van der Waals surface area contributed by atoms with Gasteiger partial charge in [0.05, 0.1) is 11.0 Å². The number of aromatic nitrogens is 1. The minimum absolute atomic E-state index is 0.00620. The van der Waals surface area contributed by atoms with Gasteiger partial charge in [-0.2, -0.15) is 13.2 Å². The maximum Gasteiger partial charge on any atom is 0.433 e. The highest BCUT2D eigenvalue weighted by Crippen LogP contribution is 2.30. The summed E-state index contributed by atoms with van der Waals surface area (Å²) >= 11 is 0. The molecule has 0 aliphatic carbocycles. The van der Waals surface area contributed by atoms with E-state index < -0.39 is 11.9 Å². The number of rotatable bonds is 2. The Morgan fingerprint density at radius 1 is 1.47 bits per heavy atom. The van der Waals surface area contributed by atoms with Gasteiger partial charge in [0.25, 0.3) is 4.92 Å². The summed E-state index contributed by atoms with van der Waals surface area (Å²) in [6.45, 7) is 1.46. The Morgan fingerprint density at radius 2 is 2.07 bits per heavy atom. The van der Waals surface area contributed by atoms with E-state index in [0.717, 1.165) is 13.3 Å². The van der Waals surface area contributed by atoms with Crippen LogP contribution in [0.5, 0.6) is 0 Å². The first-order valence-electron chi connectivity index (χ1n) is 3.91. The van der Waals surface area contributed by atoms with E-state index in [4.69, 9.17) is 0 Å². The Hall–Kier alpha value is -1.66. The van der Waals surface area contributed by atoms with Crippen LogP contribution in [0.4, 0.5) is 18.9 Å². The average molecular weight is 221 g/mol. The van der Waals surface area contributed by atoms with Gasteiger partial charge in [0.2, 0.25) is 0 Å². The molecule has 1 heterocycles. The van der Waals surface area contributed by atoms with Crippen LogP contribution in [0.2, 0.25) is 0 Å². The highest BCUT2D eigenvalue weighted by atomic mass is 19.4. The molecule has 1 rings (SSSR count). The standard InChI is InChI=1S/C8H8F3N2O2/c1-5-4-12-7(8(9,10)11)3-6(5)13(14)15-2/h3-4H,1-2H3/q+1. The van der Waals surface area contributed by atoms with Gasteiger partial charge in [0.1, 0.15) is 0 Å². The van der Waals surface area contributed by atoms with Crippen LogP contribution in [0.15, 0.2) is 12.3 Å². The first kappa shape index (κ1) is 11.4. The van der Waals surface area contributed by atoms with Gasteiger partial charge in [-0.3, -0.25) is 4.98 Å². The Bertz CT molecular complexity index is 390. The minimum Gasteiger partial charge on any atom is -0.251 e. The molecule has 0 aromatic carbocycles. The van der Waals surface area contributed by atoms with Gasteiger partial charge in [-0.05, 0) is 6.92 Å². The number of aryl methyl sites for hydroxylation is 1. The molecule has 7 heteroatoms. The van der Waals surface area contributed by atoms with Gasteiger partial charge in [-0.25, -0.2) is 4.84 Å². The average Bonchev–Trinajstić information content (AvgIpc) is 2.15. The molecule has 4 nitrogen and oxygen atoms in total. The molecule has 1 aromatic heterocycles. The highest BCUT2D eigenvalue weighted by Gasteiger charge is 2.35. The second-order valence-corrected chi connectivity index (χ2v) is 2.79. The first-order valence-corrected chi connectivity index (χ1v) is 3.91. The van der Waals surface area contributed by atoms with Crippen LogP contribution in [0.3, 0.4) is 0 Å². The molecule has 0 aliphatic heterocycles. The van der Waals surface area contributed by atoms with Gasteiger partial charge >= 0.3 is 11.9 Å². The summed E-state index contributed by atoms with van der Waals surface area (Å²) in [6.07, 6.45) is -3.60. The number of nitrogens with zero attached hydrogens (tertiary/aromatic N) is 2. The van der Waals surface area contributed by atoms with Gasteiger partial charge in [-0.15, -0.1) is 0 Å². The van der Waals surface area contributed by atoms with E-state index in [1.807, 2.05) is 0 Å². The van der Waals surface area contributed by atoms with Crippen molar-refractivity contribution in [2.24, 2.45) is 0 Å². The van der Waals surface area contributed by atoms with E-state index in [-0.39, 0.29) is 10.6 Å². The van der Waals surface area contributed by atoms with Crippen molar-refractivity contribution in [3.63, 3.8) is 0 Å². The predicted molar refractivity (Wildman–Crippen MR) is 44.3 cm³/mol. The number of hydrogen-bond acceptors (Lipinski definition) is 3. The molecule has 82 valence electrons. The molecule has 0 N–H and O–H groups in total.